The van der Waals surface area contributed by atoms with Gasteiger partial charge in [0.25, 0.3) is 0 Å². The summed E-state index contributed by atoms with van der Waals surface area (Å²) < 4.78 is 0. The first-order valence-electron chi connectivity index (χ1n) is 4.21. The van der Waals surface area contributed by atoms with E-state index in [0.717, 1.165) is 12.8 Å². The molecule has 0 saturated heterocycles. The van der Waals surface area contributed by atoms with E-state index in [1.807, 2.05) is 12.3 Å². The average molecular weight is 165 g/mol. The van der Waals surface area contributed by atoms with Gasteiger partial charge in [0.2, 0.25) is 0 Å². The van der Waals surface area contributed by atoms with Crippen molar-refractivity contribution in [1.29, 1.82) is 0 Å². The Hall–Kier alpha value is -0.930. The number of nitrogens with one attached hydrogen (secondary N) is 1. The van der Waals surface area contributed by atoms with E-state index in [-0.39, 0.29) is 0 Å². The van der Waals surface area contributed by atoms with Crippen molar-refractivity contribution in [3.05, 3.63) is 30.1 Å². The maximum absolute atomic E-state index is 5.36. The smallest absolute Gasteiger partial charge is 0.0300 e. The minimum absolute atomic E-state index is 0.356. The van der Waals surface area contributed by atoms with E-state index in [0.29, 0.717) is 6.04 Å². The quantitative estimate of drug-likeness (QED) is 0.514. The van der Waals surface area contributed by atoms with Gasteiger partial charge in [-0.2, -0.15) is 0 Å². The van der Waals surface area contributed by atoms with Crippen molar-refractivity contribution in [2.24, 2.45) is 5.84 Å². The molecule has 1 aromatic rings. The van der Waals surface area contributed by atoms with E-state index in [1.165, 1.54) is 5.56 Å². The lowest BCUT2D eigenvalue weighted by molar-refractivity contribution is 0.510. The predicted octanol–water partition coefficient (Wildman–Crippen LogP) is 0.866. The summed E-state index contributed by atoms with van der Waals surface area (Å²) in [6.07, 6.45) is 5.63. The molecule has 0 radical (unpaired) electrons. The van der Waals surface area contributed by atoms with Gasteiger partial charge in [0.05, 0.1) is 0 Å². The number of hydrogen-bond acceptors (Lipinski definition) is 3. The highest BCUT2D eigenvalue weighted by Gasteiger charge is 2.03. The second kappa shape index (κ2) is 4.85. The van der Waals surface area contributed by atoms with Gasteiger partial charge >= 0.3 is 0 Å². The topological polar surface area (TPSA) is 50.9 Å². The first kappa shape index (κ1) is 9.16. The van der Waals surface area contributed by atoms with Gasteiger partial charge in [-0.3, -0.25) is 16.3 Å². The minimum Gasteiger partial charge on any atom is -0.271 e. The maximum atomic E-state index is 5.36. The van der Waals surface area contributed by atoms with E-state index < -0.39 is 0 Å². The zero-order valence-electron chi connectivity index (χ0n) is 7.33. The zero-order valence-corrected chi connectivity index (χ0v) is 7.33. The average Bonchev–Trinajstić information content (AvgIpc) is 2.16. The number of nitrogens with two attached hydrogens (primary N) is 1. The summed E-state index contributed by atoms with van der Waals surface area (Å²) in [6, 6.07) is 4.36. The lowest BCUT2D eigenvalue weighted by atomic mass is 10.1. The van der Waals surface area contributed by atoms with Crippen LogP contribution in [0.5, 0.6) is 0 Å². The first-order chi connectivity index (χ1) is 5.86. The first-order valence-corrected chi connectivity index (χ1v) is 4.21. The third kappa shape index (κ3) is 2.60. The molecule has 0 bridgehead atoms. The third-order valence-electron chi connectivity index (χ3n) is 1.93. The molecular formula is C9H15N3. The number of aromatic nitrogens is 1. The molecule has 1 rings (SSSR count). The Morgan fingerprint density at radius 3 is 3.00 bits per heavy atom. The van der Waals surface area contributed by atoms with Crippen molar-refractivity contribution in [2.75, 3.05) is 0 Å². The Labute approximate surface area is 73.0 Å². The maximum Gasteiger partial charge on any atom is 0.0300 e. The van der Waals surface area contributed by atoms with Crippen LogP contribution >= 0.6 is 0 Å². The molecule has 66 valence electrons. The van der Waals surface area contributed by atoms with Crippen LogP contribution in [-0.2, 0) is 6.42 Å². The molecular weight excluding hydrogens is 150 g/mol. The standard InChI is InChI=1S/C9H15N3/c1-2-9(12-10)6-8-4-3-5-11-7-8/h3-5,7,9,12H,2,6,10H2,1H3. The Balaban J connectivity index is 2.51. The summed E-state index contributed by atoms with van der Waals surface area (Å²) in [5, 5.41) is 0. The lowest BCUT2D eigenvalue weighted by Gasteiger charge is -2.12. The van der Waals surface area contributed by atoms with Crippen LogP contribution in [0.15, 0.2) is 24.5 Å². The Morgan fingerprint density at radius 1 is 1.67 bits per heavy atom. The molecule has 0 fully saturated rings. The van der Waals surface area contributed by atoms with Crippen molar-refractivity contribution in [1.82, 2.24) is 10.4 Å². The van der Waals surface area contributed by atoms with Crippen LogP contribution in [0.2, 0.25) is 0 Å². The summed E-state index contributed by atoms with van der Waals surface area (Å²) in [6.45, 7) is 2.11. The Bertz CT molecular complexity index is 206. The van der Waals surface area contributed by atoms with E-state index >= 15 is 0 Å². The molecule has 12 heavy (non-hydrogen) atoms. The normalized spacial score (nSPS) is 12.8. The summed E-state index contributed by atoms with van der Waals surface area (Å²) in [5.74, 6) is 5.36. The van der Waals surface area contributed by atoms with Gasteiger partial charge in [0.1, 0.15) is 0 Å². The van der Waals surface area contributed by atoms with E-state index in [1.54, 1.807) is 6.20 Å². The van der Waals surface area contributed by atoms with Crippen molar-refractivity contribution in [3.8, 4) is 0 Å². The fourth-order valence-electron chi connectivity index (χ4n) is 1.12. The number of hydrazine groups is 1. The summed E-state index contributed by atoms with van der Waals surface area (Å²) >= 11 is 0. The van der Waals surface area contributed by atoms with Crippen LogP contribution < -0.4 is 11.3 Å². The minimum atomic E-state index is 0.356. The number of hydrogen-bond donors (Lipinski definition) is 2. The molecule has 1 atom stereocenters. The predicted molar refractivity (Wildman–Crippen MR) is 49.3 cm³/mol. The largest absolute Gasteiger partial charge is 0.271 e. The molecule has 1 unspecified atom stereocenters. The molecule has 0 saturated carbocycles. The van der Waals surface area contributed by atoms with Gasteiger partial charge in [-0.05, 0) is 24.5 Å². The van der Waals surface area contributed by atoms with Gasteiger partial charge in [-0.15, -0.1) is 0 Å². The number of nitrogens with zero attached hydrogens (tertiary/aromatic N) is 1. The second-order valence-electron chi connectivity index (χ2n) is 2.84. The van der Waals surface area contributed by atoms with Crippen molar-refractivity contribution in [3.63, 3.8) is 0 Å². The molecule has 3 N–H and O–H groups in total. The molecule has 0 aromatic carbocycles. The van der Waals surface area contributed by atoms with Crippen LogP contribution in [0.4, 0.5) is 0 Å². The van der Waals surface area contributed by atoms with Crippen LogP contribution in [0.25, 0.3) is 0 Å². The molecule has 1 heterocycles. The fourth-order valence-corrected chi connectivity index (χ4v) is 1.12. The zero-order chi connectivity index (χ0) is 8.81. The molecule has 1 aromatic heterocycles. The summed E-state index contributed by atoms with van der Waals surface area (Å²) in [5.41, 5.74) is 4.00. The van der Waals surface area contributed by atoms with E-state index in [2.05, 4.69) is 23.4 Å². The summed E-state index contributed by atoms with van der Waals surface area (Å²) in [4.78, 5) is 4.04. The van der Waals surface area contributed by atoms with Crippen LogP contribution in [0.1, 0.15) is 18.9 Å². The molecule has 3 nitrogen and oxygen atoms in total. The van der Waals surface area contributed by atoms with Gasteiger partial charge in [0.15, 0.2) is 0 Å². The summed E-state index contributed by atoms with van der Waals surface area (Å²) in [7, 11) is 0. The molecule has 0 amide bonds. The van der Waals surface area contributed by atoms with Crippen LogP contribution in [-0.4, -0.2) is 11.0 Å². The van der Waals surface area contributed by atoms with Crippen molar-refractivity contribution in [2.45, 2.75) is 25.8 Å². The van der Waals surface area contributed by atoms with Gasteiger partial charge < -0.3 is 0 Å². The molecule has 0 aliphatic rings. The van der Waals surface area contributed by atoms with Crippen molar-refractivity contribution >= 4 is 0 Å². The van der Waals surface area contributed by atoms with Crippen molar-refractivity contribution < 1.29 is 0 Å². The van der Waals surface area contributed by atoms with E-state index in [4.69, 9.17) is 5.84 Å². The highest BCUT2D eigenvalue weighted by Crippen LogP contribution is 2.02. The number of pyridine rings is 1. The highest BCUT2D eigenvalue weighted by atomic mass is 15.2. The fraction of sp³-hybridized carbons (Fsp3) is 0.444. The van der Waals surface area contributed by atoms with Gasteiger partial charge in [-0.25, -0.2) is 0 Å². The van der Waals surface area contributed by atoms with Crippen LogP contribution in [0, 0.1) is 0 Å². The van der Waals surface area contributed by atoms with Crippen LogP contribution in [0.3, 0.4) is 0 Å². The van der Waals surface area contributed by atoms with Gasteiger partial charge in [0, 0.05) is 18.4 Å². The monoisotopic (exact) mass is 165 g/mol. The molecule has 0 aliphatic heterocycles. The Kier molecular flexibility index (Phi) is 3.70. The SMILES string of the molecule is CCC(Cc1cccnc1)NN. The molecule has 3 heteroatoms. The second-order valence-corrected chi connectivity index (χ2v) is 2.84. The van der Waals surface area contributed by atoms with E-state index in [9.17, 15) is 0 Å². The molecule has 0 aliphatic carbocycles. The van der Waals surface area contributed by atoms with Gasteiger partial charge in [-0.1, -0.05) is 13.0 Å². The third-order valence-corrected chi connectivity index (χ3v) is 1.93. The molecule has 0 spiro atoms. The Morgan fingerprint density at radius 2 is 2.50 bits per heavy atom. The lowest BCUT2D eigenvalue weighted by Crippen LogP contribution is -2.36. The number of rotatable bonds is 4. The highest BCUT2D eigenvalue weighted by molar-refractivity contribution is 5.09.